The van der Waals surface area contributed by atoms with Gasteiger partial charge in [-0.25, -0.2) is 4.79 Å². The van der Waals surface area contributed by atoms with Crippen molar-refractivity contribution in [1.29, 1.82) is 0 Å². The minimum Gasteiger partial charge on any atom is -0.482 e. The number of anilines is 2. The molecule has 0 aliphatic carbocycles. The minimum atomic E-state index is -0.300. The van der Waals surface area contributed by atoms with Crippen LogP contribution in [0.1, 0.15) is 24.6 Å². The number of furan rings is 1. The normalized spacial score (nSPS) is 17.6. The third kappa shape index (κ3) is 4.06. The molecule has 0 saturated carbocycles. The lowest BCUT2D eigenvalue weighted by atomic mass is 10.2. The molecule has 1 fully saturated rings. The summed E-state index contributed by atoms with van der Waals surface area (Å²) in [7, 11) is 0. The predicted molar refractivity (Wildman–Crippen MR) is 99.8 cm³/mol. The Morgan fingerprint density at radius 3 is 2.89 bits per heavy atom. The van der Waals surface area contributed by atoms with Gasteiger partial charge in [-0.2, -0.15) is 0 Å². The number of fused-ring (bicyclic) bond motifs is 1. The van der Waals surface area contributed by atoms with Crippen molar-refractivity contribution in [1.82, 2.24) is 10.2 Å². The van der Waals surface area contributed by atoms with E-state index in [9.17, 15) is 9.59 Å². The molecular weight excluding hydrogens is 348 g/mol. The van der Waals surface area contributed by atoms with Gasteiger partial charge >= 0.3 is 6.03 Å². The fourth-order valence-electron chi connectivity index (χ4n) is 3.46. The molecule has 3 amide bonds. The Kier molecular flexibility index (Phi) is 4.97. The Morgan fingerprint density at radius 1 is 1.26 bits per heavy atom. The van der Waals surface area contributed by atoms with Gasteiger partial charge in [-0.1, -0.05) is 0 Å². The van der Waals surface area contributed by atoms with Gasteiger partial charge in [0.1, 0.15) is 11.5 Å². The van der Waals surface area contributed by atoms with Crippen molar-refractivity contribution < 1.29 is 18.7 Å². The van der Waals surface area contributed by atoms with E-state index in [-0.39, 0.29) is 24.6 Å². The molecule has 2 aliphatic heterocycles. The van der Waals surface area contributed by atoms with Crippen molar-refractivity contribution >= 4 is 23.3 Å². The molecule has 142 valence electrons. The number of nitrogens with zero attached hydrogens (tertiary/aromatic N) is 1. The van der Waals surface area contributed by atoms with Gasteiger partial charge in [-0.3, -0.25) is 9.69 Å². The first-order valence-corrected chi connectivity index (χ1v) is 9.08. The molecule has 0 bridgehead atoms. The van der Waals surface area contributed by atoms with E-state index in [1.165, 1.54) is 0 Å². The number of hydrogen-bond donors (Lipinski definition) is 3. The summed E-state index contributed by atoms with van der Waals surface area (Å²) in [6.45, 7) is 2.44. The molecular formula is C19H22N4O4. The topological polar surface area (TPSA) is 95.8 Å². The minimum absolute atomic E-state index is 0.0235. The van der Waals surface area contributed by atoms with Gasteiger partial charge in [0.25, 0.3) is 5.91 Å². The largest absolute Gasteiger partial charge is 0.482 e. The standard InChI is InChI=1S/C19H22N4O4/c24-18-12-27-17-10-13(5-6-14(17)22-18)21-19(25)20-11-15(16-4-3-9-26-16)23-7-1-2-8-23/h3-6,9-10,15H,1-2,7-8,11-12H2,(H,22,24)(H2,20,21,25)/t15-/m0/s1. The molecule has 3 heterocycles. The highest BCUT2D eigenvalue weighted by atomic mass is 16.5. The van der Waals surface area contributed by atoms with Crippen LogP contribution >= 0.6 is 0 Å². The zero-order valence-electron chi connectivity index (χ0n) is 14.9. The second-order valence-corrected chi connectivity index (χ2v) is 6.66. The summed E-state index contributed by atoms with van der Waals surface area (Å²) in [6, 6.07) is 8.65. The second-order valence-electron chi connectivity index (χ2n) is 6.66. The molecule has 1 aromatic carbocycles. The van der Waals surface area contributed by atoms with Crippen LogP contribution in [-0.2, 0) is 4.79 Å². The van der Waals surface area contributed by atoms with E-state index in [2.05, 4.69) is 20.9 Å². The van der Waals surface area contributed by atoms with E-state index in [1.54, 1.807) is 24.5 Å². The van der Waals surface area contributed by atoms with Gasteiger partial charge < -0.3 is 25.1 Å². The smallest absolute Gasteiger partial charge is 0.319 e. The summed E-state index contributed by atoms with van der Waals surface area (Å²) >= 11 is 0. The van der Waals surface area contributed by atoms with Crippen molar-refractivity contribution in [3.8, 4) is 5.75 Å². The number of rotatable bonds is 5. The average molecular weight is 370 g/mol. The van der Waals surface area contributed by atoms with Crippen LogP contribution in [0.5, 0.6) is 5.75 Å². The number of urea groups is 1. The molecule has 4 rings (SSSR count). The molecule has 0 unspecified atom stereocenters. The van der Waals surface area contributed by atoms with Crippen LogP contribution in [0, 0.1) is 0 Å². The Hall–Kier alpha value is -3.00. The maximum Gasteiger partial charge on any atom is 0.319 e. The maximum absolute atomic E-state index is 12.3. The number of hydrogen-bond acceptors (Lipinski definition) is 5. The van der Waals surface area contributed by atoms with Crippen molar-refractivity contribution in [2.75, 3.05) is 36.9 Å². The number of amides is 3. The average Bonchev–Trinajstić information content (AvgIpc) is 3.36. The summed E-state index contributed by atoms with van der Waals surface area (Å²) in [5.41, 5.74) is 1.20. The van der Waals surface area contributed by atoms with Gasteiger partial charge in [-0.05, 0) is 50.2 Å². The van der Waals surface area contributed by atoms with Crippen molar-refractivity contribution in [2.45, 2.75) is 18.9 Å². The summed E-state index contributed by atoms with van der Waals surface area (Å²) in [5, 5.41) is 8.44. The van der Waals surface area contributed by atoms with Crippen LogP contribution in [0.2, 0.25) is 0 Å². The van der Waals surface area contributed by atoms with Crippen LogP contribution in [0.15, 0.2) is 41.0 Å². The van der Waals surface area contributed by atoms with Gasteiger partial charge in [-0.15, -0.1) is 0 Å². The zero-order chi connectivity index (χ0) is 18.6. The van der Waals surface area contributed by atoms with E-state index in [0.29, 0.717) is 23.7 Å². The van der Waals surface area contributed by atoms with E-state index >= 15 is 0 Å². The Morgan fingerprint density at radius 2 is 2.11 bits per heavy atom. The Bertz CT molecular complexity index is 815. The molecule has 8 heteroatoms. The van der Waals surface area contributed by atoms with Crippen molar-refractivity contribution in [3.05, 3.63) is 42.4 Å². The summed E-state index contributed by atoms with van der Waals surface area (Å²) in [6.07, 6.45) is 3.98. The number of carbonyl (C=O) groups is 2. The second kappa shape index (κ2) is 7.71. The van der Waals surface area contributed by atoms with E-state index in [0.717, 1.165) is 31.7 Å². The molecule has 0 spiro atoms. The molecule has 1 aromatic heterocycles. The third-order valence-corrected chi connectivity index (χ3v) is 4.78. The van der Waals surface area contributed by atoms with Crippen LogP contribution in [0.25, 0.3) is 0 Å². The highest BCUT2D eigenvalue weighted by Crippen LogP contribution is 2.30. The fraction of sp³-hybridized carbons (Fsp3) is 0.368. The van der Waals surface area contributed by atoms with E-state index in [1.807, 2.05) is 12.1 Å². The first-order chi connectivity index (χ1) is 13.2. The highest BCUT2D eigenvalue weighted by molar-refractivity contribution is 5.96. The highest BCUT2D eigenvalue weighted by Gasteiger charge is 2.26. The monoisotopic (exact) mass is 370 g/mol. The predicted octanol–water partition coefficient (Wildman–Crippen LogP) is 2.57. The van der Waals surface area contributed by atoms with Gasteiger partial charge in [0, 0.05) is 18.3 Å². The lowest BCUT2D eigenvalue weighted by Gasteiger charge is -2.26. The molecule has 3 N–H and O–H groups in total. The van der Waals surface area contributed by atoms with Crippen molar-refractivity contribution in [3.63, 3.8) is 0 Å². The number of likely N-dealkylation sites (tertiary alicyclic amines) is 1. The molecule has 27 heavy (non-hydrogen) atoms. The summed E-state index contributed by atoms with van der Waals surface area (Å²) in [4.78, 5) is 26.0. The molecule has 1 atom stereocenters. The van der Waals surface area contributed by atoms with Crippen LogP contribution in [0.3, 0.4) is 0 Å². The number of carbonyl (C=O) groups excluding carboxylic acids is 2. The van der Waals surface area contributed by atoms with Crippen molar-refractivity contribution in [2.24, 2.45) is 0 Å². The first-order valence-electron chi connectivity index (χ1n) is 9.08. The fourth-order valence-corrected chi connectivity index (χ4v) is 3.46. The van der Waals surface area contributed by atoms with Crippen LogP contribution in [-0.4, -0.2) is 43.1 Å². The maximum atomic E-state index is 12.3. The summed E-state index contributed by atoms with van der Waals surface area (Å²) in [5.74, 6) is 1.21. The van der Waals surface area contributed by atoms with E-state index in [4.69, 9.17) is 9.15 Å². The quantitative estimate of drug-likeness (QED) is 0.752. The van der Waals surface area contributed by atoms with Gasteiger partial charge in [0.15, 0.2) is 6.61 Å². The number of ether oxygens (including phenoxy) is 1. The van der Waals surface area contributed by atoms with E-state index < -0.39 is 0 Å². The molecule has 2 aromatic rings. The SMILES string of the molecule is O=C1COc2cc(NC(=O)NC[C@@H](c3ccco3)N3CCCC3)ccc2N1. The Balaban J connectivity index is 1.36. The molecule has 2 aliphatic rings. The third-order valence-electron chi connectivity index (χ3n) is 4.78. The molecule has 0 radical (unpaired) electrons. The van der Waals surface area contributed by atoms with Crippen LogP contribution in [0.4, 0.5) is 16.2 Å². The van der Waals surface area contributed by atoms with Crippen LogP contribution < -0.4 is 20.7 Å². The molecule has 1 saturated heterocycles. The number of nitrogens with one attached hydrogen (secondary N) is 3. The van der Waals surface area contributed by atoms with Gasteiger partial charge in [0.2, 0.25) is 0 Å². The lowest BCUT2D eigenvalue weighted by molar-refractivity contribution is -0.118. The first kappa shape index (κ1) is 17.4. The lowest BCUT2D eigenvalue weighted by Crippen LogP contribution is -2.38. The molecule has 8 nitrogen and oxygen atoms in total. The Labute approximate surface area is 156 Å². The van der Waals surface area contributed by atoms with Gasteiger partial charge in [0.05, 0.1) is 18.0 Å². The number of benzene rings is 1. The summed E-state index contributed by atoms with van der Waals surface area (Å²) < 4.78 is 10.9. The zero-order valence-corrected chi connectivity index (χ0v) is 14.9.